The molecule has 1 heterocycles. The van der Waals surface area contributed by atoms with Gasteiger partial charge < -0.3 is 9.47 Å². The molecule has 4 atom stereocenters. The number of rotatable bonds is 6. The van der Waals surface area contributed by atoms with Gasteiger partial charge in [-0.05, 0) is 49.8 Å². The van der Waals surface area contributed by atoms with Gasteiger partial charge in [-0.2, -0.15) is 10.1 Å². The smallest absolute Gasteiger partial charge is 0.344 e. The Bertz CT molecular complexity index is 845. The number of hydrogen-bond acceptors (Lipinski definition) is 6. The minimum Gasteiger partial charge on any atom is -0.482 e. The quantitative estimate of drug-likeness (QED) is 0.326. The molecule has 7 nitrogen and oxygen atoms in total. The van der Waals surface area contributed by atoms with Crippen molar-refractivity contribution in [3.05, 3.63) is 42.0 Å². The highest BCUT2D eigenvalue weighted by Gasteiger charge is 2.59. The Morgan fingerprint density at radius 3 is 2.54 bits per heavy atom. The molecule has 28 heavy (non-hydrogen) atoms. The number of hydrogen-bond donors (Lipinski definition) is 0. The second-order valence-electron chi connectivity index (χ2n) is 7.63. The molecule has 0 unspecified atom stereocenters. The lowest BCUT2D eigenvalue weighted by Gasteiger charge is -2.13. The lowest BCUT2D eigenvalue weighted by atomic mass is 9.85. The summed E-state index contributed by atoms with van der Waals surface area (Å²) in [5.41, 5.74) is 0.661. The molecule has 146 valence electrons. The summed E-state index contributed by atoms with van der Waals surface area (Å²) in [6.45, 7) is 3.35. The van der Waals surface area contributed by atoms with Crippen molar-refractivity contribution in [3.63, 3.8) is 0 Å². The van der Waals surface area contributed by atoms with Gasteiger partial charge in [0, 0.05) is 0 Å². The van der Waals surface area contributed by atoms with Gasteiger partial charge in [-0.15, -0.1) is 0 Å². The third kappa shape index (κ3) is 3.32. The first-order chi connectivity index (χ1) is 13.4. The third-order valence-electron chi connectivity index (χ3n) is 5.35. The maximum atomic E-state index is 12.6. The molecule has 2 fully saturated rings. The average molecular weight is 382 g/mol. The number of ether oxygens (including phenoxy) is 2. The molecule has 1 aromatic rings. The number of esters is 1. The van der Waals surface area contributed by atoms with Crippen molar-refractivity contribution < 1.29 is 23.9 Å². The molecular weight excluding hydrogens is 360 g/mol. The van der Waals surface area contributed by atoms with Crippen molar-refractivity contribution in [1.82, 2.24) is 5.01 Å². The summed E-state index contributed by atoms with van der Waals surface area (Å²) in [5, 5.41) is 5.15. The van der Waals surface area contributed by atoms with E-state index in [0.717, 1.165) is 11.4 Å². The van der Waals surface area contributed by atoms with Crippen molar-refractivity contribution in [2.24, 2.45) is 28.8 Å². The van der Waals surface area contributed by atoms with E-state index in [1.165, 1.54) is 6.21 Å². The first kappa shape index (κ1) is 18.4. The number of benzene rings is 1. The first-order valence-corrected chi connectivity index (χ1v) is 9.46. The molecule has 1 saturated heterocycles. The van der Waals surface area contributed by atoms with Gasteiger partial charge in [-0.1, -0.05) is 24.3 Å². The topological polar surface area (TPSA) is 85.3 Å². The van der Waals surface area contributed by atoms with Crippen LogP contribution < -0.4 is 4.74 Å². The zero-order valence-corrected chi connectivity index (χ0v) is 15.8. The second kappa shape index (κ2) is 7.22. The Kier molecular flexibility index (Phi) is 4.75. The van der Waals surface area contributed by atoms with Crippen molar-refractivity contribution >= 4 is 24.0 Å². The Labute approximate surface area is 163 Å². The predicted molar refractivity (Wildman–Crippen MR) is 100 cm³/mol. The van der Waals surface area contributed by atoms with Gasteiger partial charge in [-0.3, -0.25) is 9.59 Å². The van der Waals surface area contributed by atoms with E-state index in [1.807, 2.05) is 0 Å². The van der Waals surface area contributed by atoms with Crippen LogP contribution in [0.25, 0.3) is 0 Å². The normalized spacial score (nSPS) is 27.9. The van der Waals surface area contributed by atoms with Crippen LogP contribution >= 0.6 is 0 Å². The van der Waals surface area contributed by atoms with Gasteiger partial charge >= 0.3 is 5.97 Å². The van der Waals surface area contributed by atoms with E-state index in [1.54, 1.807) is 38.1 Å². The molecule has 1 aliphatic heterocycles. The van der Waals surface area contributed by atoms with E-state index in [4.69, 9.17) is 9.47 Å². The molecule has 1 aromatic carbocycles. The number of allylic oxidation sites excluding steroid dienone is 2. The SMILES string of the molecule is CC(C)OC(=O)COc1cccc(C=NN2C(=O)[C@@H]3[C@H](C2=O)[C@H]2C=C[C@H]3C2)c1. The molecule has 2 amide bonds. The van der Waals surface area contributed by atoms with Gasteiger partial charge in [0.25, 0.3) is 11.8 Å². The second-order valence-corrected chi connectivity index (χ2v) is 7.63. The summed E-state index contributed by atoms with van der Waals surface area (Å²) in [7, 11) is 0. The van der Waals surface area contributed by atoms with Gasteiger partial charge in [0.2, 0.25) is 0 Å². The number of nitrogens with zero attached hydrogens (tertiary/aromatic N) is 2. The highest BCUT2D eigenvalue weighted by Crippen LogP contribution is 2.52. The van der Waals surface area contributed by atoms with Crippen molar-refractivity contribution in [2.45, 2.75) is 26.4 Å². The molecule has 3 aliphatic rings. The zero-order chi connectivity index (χ0) is 19.8. The van der Waals surface area contributed by atoms with Crippen molar-refractivity contribution in [3.8, 4) is 5.75 Å². The third-order valence-corrected chi connectivity index (χ3v) is 5.35. The Hall–Kier alpha value is -2.96. The minimum absolute atomic E-state index is 0.161. The molecule has 7 heteroatoms. The fraction of sp³-hybridized carbons (Fsp3) is 0.429. The number of amides is 2. The van der Waals surface area contributed by atoms with Crippen LogP contribution in [-0.2, 0) is 19.1 Å². The molecule has 0 aromatic heterocycles. The van der Waals surface area contributed by atoms with Gasteiger partial charge in [0.1, 0.15) is 5.75 Å². The maximum Gasteiger partial charge on any atom is 0.344 e. The lowest BCUT2D eigenvalue weighted by molar-refractivity contribution is -0.149. The summed E-state index contributed by atoms with van der Waals surface area (Å²) in [6.07, 6.45) is 6.26. The van der Waals surface area contributed by atoms with Crippen LogP contribution in [0.4, 0.5) is 0 Å². The Morgan fingerprint density at radius 1 is 1.21 bits per heavy atom. The number of imide groups is 1. The molecule has 0 radical (unpaired) electrons. The van der Waals surface area contributed by atoms with E-state index in [-0.39, 0.29) is 48.2 Å². The fourth-order valence-electron chi connectivity index (χ4n) is 4.25. The summed E-state index contributed by atoms with van der Waals surface area (Å²) in [4.78, 5) is 36.8. The van der Waals surface area contributed by atoms with E-state index in [9.17, 15) is 14.4 Å². The van der Waals surface area contributed by atoms with Crippen LogP contribution in [0.5, 0.6) is 5.75 Å². The zero-order valence-electron chi connectivity index (χ0n) is 15.8. The monoisotopic (exact) mass is 382 g/mol. The standard InChI is InChI=1S/C21H22N2O5/c1-12(2)28-17(24)11-27-16-5-3-4-13(8-16)10-22-23-20(25)18-14-6-7-15(9-14)19(18)21(23)26/h3-8,10,12,14-15,18-19H,9,11H2,1-2H3/t14-,15-,18-,19+/m0/s1. The Balaban J connectivity index is 1.41. The molecule has 0 spiro atoms. The largest absolute Gasteiger partial charge is 0.482 e. The van der Waals surface area contributed by atoms with Crippen LogP contribution in [0, 0.1) is 23.7 Å². The molecule has 1 saturated carbocycles. The van der Waals surface area contributed by atoms with Gasteiger partial charge in [0.15, 0.2) is 6.61 Å². The minimum atomic E-state index is -0.447. The molecular formula is C21H22N2O5. The van der Waals surface area contributed by atoms with E-state index in [2.05, 4.69) is 17.3 Å². The van der Waals surface area contributed by atoms with Crippen LogP contribution in [0.3, 0.4) is 0 Å². The molecule has 0 N–H and O–H groups in total. The van der Waals surface area contributed by atoms with Crippen LogP contribution in [-0.4, -0.2) is 41.7 Å². The number of hydrazone groups is 1. The lowest BCUT2D eigenvalue weighted by Crippen LogP contribution is -2.28. The Morgan fingerprint density at radius 2 is 1.89 bits per heavy atom. The van der Waals surface area contributed by atoms with E-state index < -0.39 is 5.97 Å². The van der Waals surface area contributed by atoms with Crippen LogP contribution in [0.2, 0.25) is 0 Å². The number of fused-ring (bicyclic) bond motifs is 5. The fourth-order valence-corrected chi connectivity index (χ4v) is 4.25. The van der Waals surface area contributed by atoms with Gasteiger partial charge in [0.05, 0.1) is 24.2 Å². The maximum absolute atomic E-state index is 12.6. The van der Waals surface area contributed by atoms with Crippen LogP contribution in [0.1, 0.15) is 25.8 Å². The number of carbonyl (C=O) groups is 3. The number of carbonyl (C=O) groups excluding carboxylic acids is 3. The van der Waals surface area contributed by atoms with Crippen molar-refractivity contribution in [1.29, 1.82) is 0 Å². The van der Waals surface area contributed by atoms with E-state index in [0.29, 0.717) is 11.3 Å². The van der Waals surface area contributed by atoms with E-state index >= 15 is 0 Å². The summed E-state index contributed by atoms with van der Waals surface area (Å²) < 4.78 is 10.5. The summed E-state index contributed by atoms with van der Waals surface area (Å²) in [5.74, 6) is -0.607. The molecule has 2 aliphatic carbocycles. The first-order valence-electron chi connectivity index (χ1n) is 9.46. The van der Waals surface area contributed by atoms with Gasteiger partial charge in [-0.25, -0.2) is 4.79 Å². The van der Waals surface area contributed by atoms with Crippen molar-refractivity contribution in [2.75, 3.05) is 6.61 Å². The highest BCUT2D eigenvalue weighted by atomic mass is 16.6. The van der Waals surface area contributed by atoms with Crippen LogP contribution in [0.15, 0.2) is 41.5 Å². The summed E-state index contributed by atoms with van der Waals surface area (Å²) >= 11 is 0. The molecule has 4 rings (SSSR count). The highest BCUT2D eigenvalue weighted by molar-refractivity contribution is 6.06. The summed E-state index contributed by atoms with van der Waals surface area (Å²) in [6, 6.07) is 6.92. The average Bonchev–Trinajstić information content (AvgIpc) is 3.33. The molecule has 2 bridgehead atoms. The predicted octanol–water partition coefficient (Wildman–Crippen LogP) is 2.16.